The lowest BCUT2D eigenvalue weighted by Crippen LogP contribution is -2.27. The van der Waals surface area contributed by atoms with Crippen LogP contribution in [0.5, 0.6) is 0 Å². The van der Waals surface area contributed by atoms with Gasteiger partial charge in [0.05, 0.1) is 121 Å². The molecule has 57 heavy (non-hydrogen) atoms. The molecule has 4 heterocycles. The molecule has 0 radical (unpaired) electrons. The number of benzene rings is 1. The minimum atomic E-state index is -0.172. The Hall–Kier alpha value is -4.58. The summed E-state index contributed by atoms with van der Waals surface area (Å²) < 4.78 is 45.9. The van der Waals surface area contributed by atoms with Gasteiger partial charge in [-0.3, -0.25) is 14.8 Å². The first-order valence-electron chi connectivity index (χ1n) is 19.5. The van der Waals surface area contributed by atoms with Gasteiger partial charge in [-0.05, 0) is 56.7 Å². The van der Waals surface area contributed by atoms with E-state index in [2.05, 4.69) is 39.2 Å². The molecule has 0 unspecified atom stereocenters. The third kappa shape index (κ3) is 13.5. The normalized spacial score (nSPS) is 12.1. The van der Waals surface area contributed by atoms with Crippen molar-refractivity contribution >= 4 is 16.9 Å². The predicted molar refractivity (Wildman–Crippen MR) is 215 cm³/mol. The number of hydrogen-bond acceptors (Lipinski definition) is 13. The van der Waals surface area contributed by atoms with Gasteiger partial charge in [-0.1, -0.05) is 23.4 Å². The number of fused-ring (bicyclic) bond motifs is 1. The van der Waals surface area contributed by atoms with Crippen molar-refractivity contribution < 1.29 is 42.5 Å². The molecule has 0 aliphatic carbocycles. The Bertz CT molecular complexity index is 1880. The molecule has 15 heteroatoms. The van der Waals surface area contributed by atoms with E-state index < -0.39 is 0 Å². The summed E-state index contributed by atoms with van der Waals surface area (Å²) in [5.41, 5.74) is 13.2. The predicted octanol–water partition coefficient (Wildman–Crippen LogP) is 4.78. The molecule has 0 spiro atoms. The van der Waals surface area contributed by atoms with Crippen LogP contribution in [0.2, 0.25) is 0 Å². The summed E-state index contributed by atoms with van der Waals surface area (Å²) in [5.74, 6) is 0.572. The zero-order valence-corrected chi connectivity index (χ0v) is 33.3. The van der Waals surface area contributed by atoms with E-state index in [1.54, 1.807) is 6.20 Å². The van der Waals surface area contributed by atoms with E-state index in [9.17, 15) is 4.79 Å². The minimum absolute atomic E-state index is 0.0547. The van der Waals surface area contributed by atoms with Crippen molar-refractivity contribution in [2.24, 2.45) is 5.73 Å². The second-order valence-corrected chi connectivity index (χ2v) is 13.1. The van der Waals surface area contributed by atoms with Crippen molar-refractivity contribution in [1.29, 1.82) is 0 Å². The van der Waals surface area contributed by atoms with Crippen molar-refractivity contribution in [1.82, 2.24) is 25.0 Å². The van der Waals surface area contributed by atoms with Crippen LogP contribution in [0.15, 0.2) is 71.6 Å². The topological polar surface area (TPSA) is 176 Å². The summed E-state index contributed by atoms with van der Waals surface area (Å²) in [6, 6.07) is 15.6. The second kappa shape index (κ2) is 24.2. The maximum atomic E-state index is 12.9. The van der Waals surface area contributed by atoms with Crippen molar-refractivity contribution in [2.45, 2.75) is 26.8 Å². The Morgan fingerprint density at radius 3 is 1.86 bits per heavy atom. The van der Waals surface area contributed by atoms with E-state index in [0.717, 1.165) is 50.4 Å². The molecular formula is C42H56N6O9. The van der Waals surface area contributed by atoms with Gasteiger partial charge in [0.25, 0.3) is 5.91 Å². The van der Waals surface area contributed by atoms with Gasteiger partial charge in [0.1, 0.15) is 5.76 Å². The van der Waals surface area contributed by atoms with Gasteiger partial charge in [0, 0.05) is 53.9 Å². The summed E-state index contributed by atoms with van der Waals surface area (Å²) in [6.07, 6.45) is 5.77. The third-order valence-corrected chi connectivity index (χ3v) is 9.01. The fourth-order valence-electron chi connectivity index (χ4n) is 6.10. The maximum Gasteiger partial charge on any atom is 0.251 e. The van der Waals surface area contributed by atoms with Crippen LogP contribution in [0.1, 0.15) is 40.5 Å². The standard InChI is InChI=1S/C42H56N6O9/c1-31-40(33(3)57-47-31)36-28-39-41(46-29-36)37(30-48(39)32(2)38-6-4-5-12-44-38)34-7-9-35(10-8-34)42(49)45-13-15-51-17-19-53-21-23-55-25-27-56-26-24-54-22-20-52-18-16-50-14-11-43/h4-10,12,28-30,32H,11,13-27,43H2,1-3H3,(H,45,49)/t32-/m0/s1. The highest BCUT2D eigenvalue weighted by molar-refractivity contribution is 5.97. The Kier molecular flexibility index (Phi) is 18.5. The number of nitrogens with two attached hydrogens (primary N) is 1. The third-order valence-electron chi connectivity index (χ3n) is 9.01. The van der Waals surface area contributed by atoms with Crippen molar-refractivity contribution in [3.63, 3.8) is 0 Å². The van der Waals surface area contributed by atoms with E-state index in [4.69, 9.17) is 48.4 Å². The Morgan fingerprint density at radius 1 is 0.754 bits per heavy atom. The van der Waals surface area contributed by atoms with E-state index in [-0.39, 0.29) is 11.9 Å². The average molecular weight is 789 g/mol. The van der Waals surface area contributed by atoms with Crippen LogP contribution in [0.4, 0.5) is 0 Å². The van der Waals surface area contributed by atoms with Crippen LogP contribution >= 0.6 is 0 Å². The zero-order chi connectivity index (χ0) is 40.1. The number of pyridine rings is 2. The summed E-state index contributed by atoms with van der Waals surface area (Å²) >= 11 is 0. The van der Waals surface area contributed by atoms with Gasteiger partial charge in [-0.15, -0.1) is 0 Å². The average Bonchev–Trinajstić information content (AvgIpc) is 3.79. The molecule has 0 fully saturated rings. The van der Waals surface area contributed by atoms with Gasteiger partial charge < -0.3 is 53.3 Å². The molecule has 5 aromatic rings. The van der Waals surface area contributed by atoms with E-state index in [1.807, 2.05) is 62.5 Å². The van der Waals surface area contributed by atoms with Crippen LogP contribution in [0, 0.1) is 13.8 Å². The molecule has 0 aliphatic heterocycles. The maximum absolute atomic E-state index is 12.9. The molecule has 3 N–H and O–H groups in total. The van der Waals surface area contributed by atoms with Crippen LogP contribution < -0.4 is 11.1 Å². The summed E-state index contributed by atoms with van der Waals surface area (Å²) in [5, 5.41) is 7.06. The fraction of sp³-hybridized carbons (Fsp3) is 0.476. The number of carbonyl (C=O) groups is 1. The number of ether oxygens (including phenoxy) is 7. The molecule has 4 aromatic heterocycles. The number of nitrogens with one attached hydrogen (secondary N) is 1. The molecule has 1 amide bonds. The van der Waals surface area contributed by atoms with Gasteiger partial charge in [-0.2, -0.15) is 0 Å². The molecule has 15 nitrogen and oxygen atoms in total. The van der Waals surface area contributed by atoms with Crippen molar-refractivity contribution in [3.05, 3.63) is 89.8 Å². The lowest BCUT2D eigenvalue weighted by atomic mass is 10.0. The highest BCUT2D eigenvalue weighted by Crippen LogP contribution is 2.36. The molecule has 1 atom stereocenters. The van der Waals surface area contributed by atoms with E-state index in [1.165, 1.54) is 0 Å². The number of hydrogen-bond donors (Lipinski definition) is 2. The van der Waals surface area contributed by atoms with E-state index >= 15 is 0 Å². The molecule has 0 saturated heterocycles. The number of carbonyl (C=O) groups excluding carboxylic acids is 1. The summed E-state index contributed by atoms with van der Waals surface area (Å²) in [6.45, 7) is 13.6. The Morgan fingerprint density at radius 2 is 1.33 bits per heavy atom. The molecule has 308 valence electrons. The van der Waals surface area contributed by atoms with Gasteiger partial charge in [0.15, 0.2) is 0 Å². The first-order chi connectivity index (χ1) is 28.0. The molecule has 1 aromatic carbocycles. The number of amides is 1. The van der Waals surface area contributed by atoms with Crippen molar-refractivity contribution in [2.75, 3.05) is 106 Å². The number of aromatic nitrogens is 4. The molecule has 5 rings (SSSR count). The largest absolute Gasteiger partial charge is 0.378 e. The van der Waals surface area contributed by atoms with Gasteiger partial charge in [-0.25, -0.2) is 0 Å². The van der Waals surface area contributed by atoms with Crippen LogP contribution in [0.3, 0.4) is 0 Å². The molecule has 0 bridgehead atoms. The van der Waals surface area contributed by atoms with Gasteiger partial charge >= 0.3 is 0 Å². The second-order valence-electron chi connectivity index (χ2n) is 13.1. The van der Waals surface area contributed by atoms with Crippen molar-refractivity contribution in [3.8, 4) is 22.3 Å². The monoisotopic (exact) mass is 788 g/mol. The fourth-order valence-corrected chi connectivity index (χ4v) is 6.10. The first kappa shape index (κ1) is 43.5. The Labute approximate surface area is 334 Å². The van der Waals surface area contributed by atoms with Crippen LogP contribution in [-0.2, 0) is 33.2 Å². The summed E-state index contributed by atoms with van der Waals surface area (Å²) in [4.78, 5) is 22.5. The van der Waals surface area contributed by atoms with Gasteiger partial charge in [0.2, 0.25) is 0 Å². The Balaban J connectivity index is 0.968. The van der Waals surface area contributed by atoms with Crippen LogP contribution in [0.25, 0.3) is 33.3 Å². The SMILES string of the molecule is Cc1noc(C)c1-c1cnc2c(-c3ccc(C(=O)NCCOCCOCCOCCOCCOCCOCCOCCN)cc3)cn([C@@H](C)c3ccccn3)c2c1. The smallest absolute Gasteiger partial charge is 0.251 e. The zero-order valence-electron chi connectivity index (χ0n) is 33.3. The lowest BCUT2D eigenvalue weighted by Gasteiger charge is -2.15. The number of aryl methyl sites for hydroxylation is 2. The lowest BCUT2D eigenvalue weighted by molar-refractivity contribution is -0.0201. The van der Waals surface area contributed by atoms with Crippen LogP contribution in [-0.4, -0.2) is 131 Å². The highest BCUT2D eigenvalue weighted by atomic mass is 16.6. The van der Waals surface area contributed by atoms with E-state index in [0.29, 0.717) is 111 Å². The molecule has 0 saturated carbocycles. The summed E-state index contributed by atoms with van der Waals surface area (Å²) in [7, 11) is 0. The number of nitrogens with zero attached hydrogens (tertiary/aromatic N) is 4. The quantitative estimate of drug-likeness (QED) is 0.0663. The first-order valence-corrected chi connectivity index (χ1v) is 19.5. The minimum Gasteiger partial charge on any atom is -0.378 e. The molecular weight excluding hydrogens is 732 g/mol. The number of rotatable bonds is 28. The highest BCUT2D eigenvalue weighted by Gasteiger charge is 2.20. The molecule has 0 aliphatic rings.